The zero-order valence-corrected chi connectivity index (χ0v) is 15.0. The normalized spacial score (nSPS) is 12.5. The highest BCUT2D eigenvalue weighted by atomic mass is 79.9. The number of alkyl halides is 3. The number of rotatable bonds is 6. The van der Waals surface area contributed by atoms with Crippen LogP contribution in [0.3, 0.4) is 0 Å². The van der Waals surface area contributed by atoms with E-state index in [9.17, 15) is 22.8 Å². The molecular weight excluding hydrogens is 415 g/mol. The van der Waals surface area contributed by atoms with Crippen molar-refractivity contribution in [2.75, 3.05) is 0 Å². The number of aromatic nitrogens is 1. The number of carbonyl (C=O) groups excluding carboxylic acids is 2. The van der Waals surface area contributed by atoms with E-state index in [2.05, 4.69) is 26.2 Å². The Labute approximate surface area is 155 Å². The molecule has 138 valence electrons. The molecule has 3 N–H and O–H groups in total. The summed E-state index contributed by atoms with van der Waals surface area (Å²) in [5, 5.41) is 2.50. The number of primary amides is 1. The monoisotopic (exact) mass is 429 g/mol. The van der Waals surface area contributed by atoms with Crippen LogP contribution in [0.25, 0.3) is 0 Å². The molecular formula is C17H15BrF3N3O2. The van der Waals surface area contributed by atoms with Crippen molar-refractivity contribution in [3.8, 4) is 0 Å². The third-order valence-electron chi connectivity index (χ3n) is 3.58. The van der Waals surface area contributed by atoms with E-state index in [1.165, 1.54) is 12.1 Å². The Morgan fingerprint density at radius 3 is 2.38 bits per heavy atom. The van der Waals surface area contributed by atoms with Gasteiger partial charge < -0.3 is 11.1 Å². The van der Waals surface area contributed by atoms with Gasteiger partial charge in [-0.2, -0.15) is 13.2 Å². The van der Waals surface area contributed by atoms with Crippen molar-refractivity contribution in [2.24, 2.45) is 5.73 Å². The maximum Gasteiger partial charge on any atom is 0.416 e. The number of halogens is 4. The van der Waals surface area contributed by atoms with Crippen molar-refractivity contribution in [1.82, 2.24) is 10.3 Å². The second-order valence-electron chi connectivity index (χ2n) is 5.55. The molecule has 0 fully saturated rings. The van der Waals surface area contributed by atoms with Gasteiger partial charge in [0.05, 0.1) is 12.0 Å². The molecule has 0 aliphatic carbocycles. The predicted molar refractivity (Wildman–Crippen MR) is 91.9 cm³/mol. The van der Waals surface area contributed by atoms with Crippen LogP contribution in [0.15, 0.2) is 47.2 Å². The third kappa shape index (κ3) is 5.55. The smallest absolute Gasteiger partial charge is 0.368 e. The van der Waals surface area contributed by atoms with Crippen LogP contribution in [0, 0.1) is 0 Å². The van der Waals surface area contributed by atoms with Crippen LogP contribution in [0.1, 0.15) is 16.7 Å². The van der Waals surface area contributed by atoms with Crippen LogP contribution >= 0.6 is 15.9 Å². The molecule has 1 heterocycles. The molecule has 2 amide bonds. The summed E-state index contributed by atoms with van der Waals surface area (Å²) in [5.41, 5.74) is 5.61. The minimum atomic E-state index is -4.44. The fourth-order valence-electron chi connectivity index (χ4n) is 2.26. The van der Waals surface area contributed by atoms with Crippen molar-refractivity contribution in [3.63, 3.8) is 0 Å². The molecule has 9 heteroatoms. The summed E-state index contributed by atoms with van der Waals surface area (Å²) in [6.07, 6.45) is -2.90. The van der Waals surface area contributed by atoms with E-state index in [1.54, 1.807) is 18.3 Å². The van der Waals surface area contributed by atoms with Crippen LogP contribution in [-0.4, -0.2) is 22.8 Å². The Morgan fingerprint density at radius 1 is 1.19 bits per heavy atom. The molecule has 5 nitrogen and oxygen atoms in total. The molecule has 1 aromatic heterocycles. The van der Waals surface area contributed by atoms with Gasteiger partial charge in [0.2, 0.25) is 11.8 Å². The van der Waals surface area contributed by atoms with Crippen molar-refractivity contribution in [1.29, 1.82) is 0 Å². The van der Waals surface area contributed by atoms with Gasteiger partial charge in [-0.15, -0.1) is 0 Å². The molecule has 0 aliphatic rings. The molecule has 0 unspecified atom stereocenters. The van der Waals surface area contributed by atoms with Gasteiger partial charge in [-0.3, -0.25) is 9.59 Å². The second kappa shape index (κ2) is 8.31. The average molecular weight is 430 g/mol. The van der Waals surface area contributed by atoms with E-state index >= 15 is 0 Å². The first-order valence-electron chi connectivity index (χ1n) is 7.51. The summed E-state index contributed by atoms with van der Waals surface area (Å²) in [7, 11) is 0. The number of carbonyl (C=O) groups is 2. The fourth-order valence-corrected chi connectivity index (χ4v) is 2.67. The van der Waals surface area contributed by atoms with Crippen molar-refractivity contribution in [3.05, 3.63) is 63.9 Å². The molecule has 2 rings (SSSR count). The Kier molecular flexibility index (Phi) is 6.36. The largest absolute Gasteiger partial charge is 0.416 e. The number of nitrogens with one attached hydrogen (secondary N) is 1. The van der Waals surface area contributed by atoms with E-state index in [-0.39, 0.29) is 12.8 Å². The summed E-state index contributed by atoms with van der Waals surface area (Å²) < 4.78 is 38.2. The number of nitrogens with two attached hydrogens (primary N) is 1. The quantitative estimate of drug-likeness (QED) is 0.692. The Hall–Kier alpha value is -2.42. The van der Waals surface area contributed by atoms with E-state index < -0.39 is 29.6 Å². The Bertz CT molecular complexity index is 795. The zero-order valence-electron chi connectivity index (χ0n) is 13.4. The number of amides is 2. The van der Waals surface area contributed by atoms with Crippen LogP contribution in [0.2, 0.25) is 0 Å². The minimum Gasteiger partial charge on any atom is -0.368 e. The fraction of sp³-hybridized carbons (Fsp3) is 0.235. The standard InChI is InChI=1S/C17H15BrF3N3O2/c18-15-11(2-1-7-23-15)9-13(16(22)26)24-14(25)8-10-3-5-12(6-4-10)17(19,20)21/h1-7,13H,8-9H2,(H2,22,26)(H,24,25)/t13-/m0/s1. The van der Waals surface area contributed by atoms with Crippen LogP contribution in [0.5, 0.6) is 0 Å². The van der Waals surface area contributed by atoms with Crippen LogP contribution < -0.4 is 11.1 Å². The zero-order chi connectivity index (χ0) is 19.3. The minimum absolute atomic E-state index is 0.141. The predicted octanol–water partition coefficient (Wildman–Crippen LogP) is 2.62. The number of benzene rings is 1. The molecule has 0 bridgehead atoms. The maximum absolute atomic E-state index is 12.5. The maximum atomic E-state index is 12.5. The van der Waals surface area contributed by atoms with Crippen molar-refractivity contribution >= 4 is 27.7 Å². The Morgan fingerprint density at radius 2 is 1.85 bits per heavy atom. The molecule has 0 spiro atoms. The van der Waals surface area contributed by atoms with Crippen LogP contribution in [-0.2, 0) is 28.6 Å². The summed E-state index contributed by atoms with van der Waals surface area (Å²) in [5.74, 6) is -1.24. The Balaban J connectivity index is 2.02. The summed E-state index contributed by atoms with van der Waals surface area (Å²) in [6.45, 7) is 0. The molecule has 1 aromatic carbocycles. The average Bonchev–Trinajstić information content (AvgIpc) is 2.55. The van der Waals surface area contributed by atoms with Gasteiger partial charge in [0.15, 0.2) is 0 Å². The van der Waals surface area contributed by atoms with E-state index in [4.69, 9.17) is 5.73 Å². The molecule has 0 saturated heterocycles. The second-order valence-corrected chi connectivity index (χ2v) is 6.30. The number of hydrogen-bond donors (Lipinski definition) is 2. The lowest BCUT2D eigenvalue weighted by Gasteiger charge is -2.16. The molecule has 1 atom stereocenters. The van der Waals surface area contributed by atoms with E-state index in [0.29, 0.717) is 15.7 Å². The highest BCUT2D eigenvalue weighted by molar-refractivity contribution is 9.10. The van der Waals surface area contributed by atoms with Gasteiger partial charge in [-0.05, 0) is 45.3 Å². The first-order chi connectivity index (χ1) is 12.2. The van der Waals surface area contributed by atoms with Crippen LogP contribution in [0.4, 0.5) is 13.2 Å². The first-order valence-corrected chi connectivity index (χ1v) is 8.30. The van der Waals surface area contributed by atoms with Gasteiger partial charge in [0.1, 0.15) is 10.6 Å². The lowest BCUT2D eigenvalue weighted by atomic mass is 10.1. The van der Waals surface area contributed by atoms with Gasteiger partial charge in [0.25, 0.3) is 0 Å². The highest BCUT2D eigenvalue weighted by Gasteiger charge is 2.30. The van der Waals surface area contributed by atoms with Gasteiger partial charge in [-0.25, -0.2) is 4.98 Å². The van der Waals surface area contributed by atoms with Crippen molar-refractivity contribution in [2.45, 2.75) is 25.1 Å². The molecule has 0 radical (unpaired) electrons. The lowest BCUT2D eigenvalue weighted by molar-refractivity contribution is -0.137. The molecule has 26 heavy (non-hydrogen) atoms. The number of hydrogen-bond acceptors (Lipinski definition) is 3. The molecule has 0 saturated carbocycles. The highest BCUT2D eigenvalue weighted by Crippen LogP contribution is 2.29. The first kappa shape index (κ1) is 19.9. The lowest BCUT2D eigenvalue weighted by Crippen LogP contribution is -2.46. The SMILES string of the molecule is NC(=O)[C@H](Cc1cccnc1Br)NC(=O)Cc1ccc(C(F)(F)F)cc1. The van der Waals surface area contributed by atoms with E-state index in [1.807, 2.05) is 0 Å². The van der Waals surface area contributed by atoms with Gasteiger partial charge in [-0.1, -0.05) is 18.2 Å². The number of nitrogens with zero attached hydrogens (tertiary/aromatic N) is 1. The number of pyridine rings is 1. The van der Waals surface area contributed by atoms with Crippen molar-refractivity contribution < 1.29 is 22.8 Å². The summed E-state index contributed by atoms with van der Waals surface area (Å²) in [6, 6.07) is 6.70. The topological polar surface area (TPSA) is 85.1 Å². The van der Waals surface area contributed by atoms with Gasteiger partial charge in [0, 0.05) is 12.6 Å². The summed E-state index contributed by atoms with van der Waals surface area (Å²) in [4.78, 5) is 27.7. The molecule has 2 aromatic rings. The molecule has 0 aliphatic heterocycles. The van der Waals surface area contributed by atoms with Gasteiger partial charge >= 0.3 is 6.18 Å². The third-order valence-corrected chi connectivity index (χ3v) is 4.30. The van der Waals surface area contributed by atoms with E-state index in [0.717, 1.165) is 12.1 Å². The summed E-state index contributed by atoms with van der Waals surface area (Å²) >= 11 is 3.25.